The van der Waals surface area contributed by atoms with E-state index in [0.717, 1.165) is 6.42 Å². The number of unbranched alkanes of at least 4 members (excludes halogenated alkanes) is 11. The standard InChI is InChI=1S/C18H37NO/c1-3-4-5-6-7-8-9-10-11-12-13-14-15-16-18(20)17(2)19/h15-18,20H,3-14,19H2,1-2H3/t17-,18+/m0/s1. The lowest BCUT2D eigenvalue weighted by atomic mass is 10.0. The van der Waals surface area contributed by atoms with Gasteiger partial charge in [-0.15, -0.1) is 0 Å². The normalized spacial score (nSPS) is 14.8. The van der Waals surface area contributed by atoms with Gasteiger partial charge in [-0.1, -0.05) is 83.3 Å². The van der Waals surface area contributed by atoms with Crippen LogP contribution in [0.4, 0.5) is 0 Å². The highest BCUT2D eigenvalue weighted by Crippen LogP contribution is 2.12. The van der Waals surface area contributed by atoms with Gasteiger partial charge in [0.15, 0.2) is 0 Å². The summed E-state index contributed by atoms with van der Waals surface area (Å²) in [5, 5.41) is 9.49. The van der Waals surface area contributed by atoms with Crippen LogP contribution < -0.4 is 5.73 Å². The summed E-state index contributed by atoms with van der Waals surface area (Å²) in [6.07, 6.45) is 19.7. The van der Waals surface area contributed by atoms with Gasteiger partial charge in [-0.25, -0.2) is 0 Å². The lowest BCUT2D eigenvalue weighted by Gasteiger charge is -2.08. The Morgan fingerprint density at radius 2 is 1.30 bits per heavy atom. The zero-order chi connectivity index (χ0) is 15.1. The summed E-state index contributed by atoms with van der Waals surface area (Å²) in [4.78, 5) is 0. The Hall–Kier alpha value is -0.340. The molecule has 0 heterocycles. The molecule has 0 radical (unpaired) electrons. The maximum absolute atomic E-state index is 9.49. The fourth-order valence-corrected chi connectivity index (χ4v) is 2.34. The summed E-state index contributed by atoms with van der Waals surface area (Å²) in [7, 11) is 0. The molecular weight excluding hydrogens is 246 g/mol. The fraction of sp³-hybridized carbons (Fsp3) is 0.889. The summed E-state index contributed by atoms with van der Waals surface area (Å²) in [6, 6.07) is -0.163. The number of rotatable bonds is 14. The molecule has 0 fully saturated rings. The Morgan fingerprint density at radius 1 is 0.850 bits per heavy atom. The molecular formula is C18H37NO. The highest BCUT2D eigenvalue weighted by molar-refractivity contribution is 4.92. The van der Waals surface area contributed by atoms with E-state index in [-0.39, 0.29) is 6.04 Å². The average molecular weight is 284 g/mol. The summed E-state index contributed by atoms with van der Waals surface area (Å²) in [6.45, 7) is 4.10. The van der Waals surface area contributed by atoms with E-state index in [0.29, 0.717) is 0 Å². The molecule has 2 atom stereocenters. The molecule has 0 saturated carbocycles. The molecule has 0 aromatic rings. The van der Waals surface area contributed by atoms with Crippen molar-refractivity contribution in [3.63, 3.8) is 0 Å². The molecule has 0 aromatic carbocycles. The summed E-state index contributed by atoms with van der Waals surface area (Å²) in [5.74, 6) is 0. The van der Waals surface area contributed by atoms with Crippen LogP contribution in [-0.2, 0) is 0 Å². The third-order valence-corrected chi connectivity index (χ3v) is 3.85. The van der Waals surface area contributed by atoms with Gasteiger partial charge in [-0.05, 0) is 19.8 Å². The van der Waals surface area contributed by atoms with Crippen molar-refractivity contribution in [3.05, 3.63) is 12.2 Å². The van der Waals surface area contributed by atoms with Crippen molar-refractivity contribution in [1.82, 2.24) is 0 Å². The third kappa shape index (κ3) is 14.1. The monoisotopic (exact) mass is 283 g/mol. The number of aliphatic hydroxyl groups excluding tert-OH is 1. The smallest absolute Gasteiger partial charge is 0.0869 e. The molecule has 0 spiro atoms. The molecule has 2 heteroatoms. The van der Waals surface area contributed by atoms with Gasteiger partial charge >= 0.3 is 0 Å². The molecule has 0 unspecified atom stereocenters. The van der Waals surface area contributed by atoms with Crippen LogP contribution in [-0.4, -0.2) is 17.3 Å². The number of hydrogen-bond acceptors (Lipinski definition) is 2. The second kappa shape index (κ2) is 15.1. The fourth-order valence-electron chi connectivity index (χ4n) is 2.34. The van der Waals surface area contributed by atoms with Crippen LogP contribution in [0, 0.1) is 0 Å². The number of aliphatic hydroxyl groups is 1. The minimum Gasteiger partial charge on any atom is -0.387 e. The van der Waals surface area contributed by atoms with E-state index in [2.05, 4.69) is 13.0 Å². The molecule has 3 N–H and O–H groups in total. The van der Waals surface area contributed by atoms with Gasteiger partial charge in [-0.3, -0.25) is 0 Å². The predicted octanol–water partition coefficient (Wildman–Crippen LogP) is 4.95. The molecule has 0 aliphatic carbocycles. The molecule has 0 rings (SSSR count). The minimum atomic E-state index is -0.484. The number of nitrogens with two attached hydrogens (primary N) is 1. The van der Waals surface area contributed by atoms with E-state index >= 15 is 0 Å². The Bertz CT molecular complexity index is 213. The Labute approximate surface area is 126 Å². The largest absolute Gasteiger partial charge is 0.387 e. The minimum absolute atomic E-state index is 0.163. The van der Waals surface area contributed by atoms with Gasteiger partial charge in [0.1, 0.15) is 0 Å². The zero-order valence-corrected chi connectivity index (χ0v) is 13.8. The van der Waals surface area contributed by atoms with Gasteiger partial charge in [0.2, 0.25) is 0 Å². The lowest BCUT2D eigenvalue weighted by Crippen LogP contribution is -2.29. The van der Waals surface area contributed by atoms with Crippen molar-refractivity contribution in [2.24, 2.45) is 5.73 Å². The second-order valence-corrected chi connectivity index (χ2v) is 6.10. The SMILES string of the molecule is CCCCCCCCCCCCCC=C[C@@H](O)[C@H](C)N. The molecule has 0 bridgehead atoms. The highest BCUT2D eigenvalue weighted by atomic mass is 16.3. The predicted molar refractivity (Wildman–Crippen MR) is 89.9 cm³/mol. The van der Waals surface area contributed by atoms with Crippen LogP contribution in [0.25, 0.3) is 0 Å². The van der Waals surface area contributed by atoms with Gasteiger partial charge in [0.05, 0.1) is 6.10 Å². The van der Waals surface area contributed by atoms with Gasteiger partial charge in [0.25, 0.3) is 0 Å². The zero-order valence-electron chi connectivity index (χ0n) is 13.8. The van der Waals surface area contributed by atoms with Crippen LogP contribution in [0.15, 0.2) is 12.2 Å². The summed E-state index contributed by atoms with van der Waals surface area (Å²) >= 11 is 0. The molecule has 20 heavy (non-hydrogen) atoms. The Balaban J connectivity index is 3.13. The van der Waals surface area contributed by atoms with Crippen LogP contribution in [0.1, 0.15) is 90.9 Å². The third-order valence-electron chi connectivity index (χ3n) is 3.85. The Kier molecular flexibility index (Phi) is 14.8. The molecule has 120 valence electrons. The quantitative estimate of drug-likeness (QED) is 0.350. The van der Waals surface area contributed by atoms with E-state index in [1.165, 1.54) is 70.6 Å². The first-order chi connectivity index (χ1) is 9.68. The van der Waals surface area contributed by atoms with Gasteiger partial charge in [-0.2, -0.15) is 0 Å². The van der Waals surface area contributed by atoms with Crippen molar-refractivity contribution in [1.29, 1.82) is 0 Å². The van der Waals surface area contributed by atoms with Crippen molar-refractivity contribution in [2.45, 2.75) is 103 Å². The maximum Gasteiger partial charge on any atom is 0.0869 e. The Morgan fingerprint density at radius 3 is 1.75 bits per heavy atom. The van der Waals surface area contributed by atoms with Crippen molar-refractivity contribution < 1.29 is 5.11 Å². The van der Waals surface area contributed by atoms with Gasteiger partial charge in [0, 0.05) is 6.04 Å². The van der Waals surface area contributed by atoms with Crippen molar-refractivity contribution in [2.75, 3.05) is 0 Å². The van der Waals surface area contributed by atoms with Gasteiger partial charge < -0.3 is 10.8 Å². The molecule has 0 saturated heterocycles. The topological polar surface area (TPSA) is 46.2 Å². The summed E-state index contributed by atoms with van der Waals surface area (Å²) in [5.41, 5.74) is 5.58. The second-order valence-electron chi connectivity index (χ2n) is 6.10. The molecule has 0 aliphatic heterocycles. The van der Waals surface area contributed by atoms with Crippen LogP contribution >= 0.6 is 0 Å². The molecule has 0 amide bonds. The maximum atomic E-state index is 9.49. The van der Waals surface area contributed by atoms with Crippen LogP contribution in [0.5, 0.6) is 0 Å². The number of hydrogen-bond donors (Lipinski definition) is 2. The number of allylic oxidation sites excluding steroid dienone is 1. The van der Waals surface area contributed by atoms with E-state index in [1.54, 1.807) is 0 Å². The summed E-state index contributed by atoms with van der Waals surface area (Å²) < 4.78 is 0. The molecule has 0 aliphatic rings. The first-order valence-corrected chi connectivity index (χ1v) is 8.78. The van der Waals surface area contributed by atoms with E-state index < -0.39 is 6.10 Å². The van der Waals surface area contributed by atoms with E-state index in [9.17, 15) is 5.11 Å². The highest BCUT2D eigenvalue weighted by Gasteiger charge is 2.03. The van der Waals surface area contributed by atoms with Crippen LogP contribution in [0.2, 0.25) is 0 Å². The van der Waals surface area contributed by atoms with E-state index in [1.807, 2.05) is 13.0 Å². The molecule has 2 nitrogen and oxygen atoms in total. The van der Waals surface area contributed by atoms with Crippen LogP contribution in [0.3, 0.4) is 0 Å². The first-order valence-electron chi connectivity index (χ1n) is 8.78. The van der Waals surface area contributed by atoms with Crippen molar-refractivity contribution in [3.8, 4) is 0 Å². The van der Waals surface area contributed by atoms with Crippen molar-refractivity contribution >= 4 is 0 Å². The van der Waals surface area contributed by atoms with E-state index in [4.69, 9.17) is 5.73 Å². The first kappa shape index (κ1) is 19.7. The molecule has 0 aromatic heterocycles. The average Bonchev–Trinajstić information content (AvgIpc) is 2.43. The lowest BCUT2D eigenvalue weighted by molar-refractivity contribution is 0.198.